The summed E-state index contributed by atoms with van der Waals surface area (Å²) in [6, 6.07) is 19.7. The average Bonchev–Trinajstić information content (AvgIpc) is 3.11. The summed E-state index contributed by atoms with van der Waals surface area (Å²) in [5, 5.41) is 2.52. The first kappa shape index (κ1) is 27.6. The molecule has 4 rings (SSSR count). The third-order valence-corrected chi connectivity index (χ3v) is 6.31. The fraction of sp³-hybridized carbons (Fsp3) is 0.200. The van der Waals surface area contributed by atoms with Gasteiger partial charge in [0.15, 0.2) is 0 Å². The number of anilines is 2. The van der Waals surface area contributed by atoms with Gasteiger partial charge in [-0.25, -0.2) is 14.5 Å². The minimum atomic E-state index is -0.779. The number of carbonyl (C=O) groups excluding carboxylic acids is 4. The van der Waals surface area contributed by atoms with Gasteiger partial charge in [-0.2, -0.15) is 0 Å². The molecule has 0 unspecified atom stereocenters. The Hall–Kier alpha value is -4.43. The lowest BCUT2D eigenvalue weighted by atomic mass is 9.86. The number of carbonyl (C=O) groups is 4. The number of benzene rings is 3. The number of hydrogen-bond donors (Lipinski definition) is 1. The Labute approximate surface area is 231 Å². The molecule has 0 radical (unpaired) electrons. The molecule has 1 aliphatic rings. The summed E-state index contributed by atoms with van der Waals surface area (Å²) in [5.74, 6) is -2.24. The summed E-state index contributed by atoms with van der Waals surface area (Å²) >= 11 is 6.25. The van der Waals surface area contributed by atoms with E-state index in [9.17, 15) is 19.2 Å². The molecule has 0 saturated heterocycles. The van der Waals surface area contributed by atoms with Crippen molar-refractivity contribution in [2.45, 2.75) is 33.1 Å². The van der Waals surface area contributed by atoms with Crippen LogP contribution in [0.4, 0.5) is 11.4 Å². The first-order chi connectivity index (χ1) is 18.5. The smallest absolute Gasteiger partial charge is 0.343 e. The summed E-state index contributed by atoms with van der Waals surface area (Å²) in [6.45, 7) is 7.89. The summed E-state index contributed by atoms with van der Waals surface area (Å²) in [4.78, 5) is 52.2. The van der Waals surface area contributed by atoms with Crippen LogP contribution in [0.25, 0.3) is 0 Å². The van der Waals surface area contributed by atoms with Crippen molar-refractivity contribution in [3.8, 4) is 5.75 Å². The first-order valence-corrected chi connectivity index (χ1v) is 12.6. The third-order valence-electron chi connectivity index (χ3n) is 5.96. The lowest BCUT2D eigenvalue weighted by Gasteiger charge is -2.22. The second kappa shape index (κ2) is 11.1. The van der Waals surface area contributed by atoms with E-state index in [1.54, 1.807) is 43.3 Å². The Balaban J connectivity index is 1.52. The molecule has 0 fully saturated rings. The lowest BCUT2D eigenvalue weighted by Crippen LogP contribution is -2.33. The number of nitrogens with one attached hydrogen (secondary N) is 1. The number of amides is 2. The van der Waals surface area contributed by atoms with Crippen LogP contribution in [0.2, 0.25) is 0 Å². The SMILES string of the molecule is CCOC(=O)c1ccccc1N1C(=O)C(Cl)=C(Nc2ccc(C(=O)Oc3ccccc3C(C)(C)C)cc2)C1=O. The van der Waals surface area contributed by atoms with Crippen LogP contribution in [0.1, 0.15) is 54.0 Å². The van der Waals surface area contributed by atoms with Crippen LogP contribution in [0.15, 0.2) is 83.5 Å². The predicted octanol–water partition coefficient (Wildman–Crippen LogP) is 5.82. The highest BCUT2D eigenvalue weighted by Crippen LogP contribution is 2.33. The monoisotopic (exact) mass is 546 g/mol. The molecule has 0 aliphatic carbocycles. The molecule has 200 valence electrons. The topological polar surface area (TPSA) is 102 Å². The highest BCUT2D eigenvalue weighted by Gasteiger charge is 2.40. The maximum absolute atomic E-state index is 13.2. The third kappa shape index (κ3) is 5.71. The number of esters is 2. The minimum Gasteiger partial charge on any atom is -0.462 e. The Morgan fingerprint density at radius 2 is 1.51 bits per heavy atom. The zero-order chi connectivity index (χ0) is 28.3. The predicted molar refractivity (Wildman–Crippen MR) is 148 cm³/mol. The van der Waals surface area contributed by atoms with Gasteiger partial charge in [0.1, 0.15) is 16.5 Å². The van der Waals surface area contributed by atoms with Crippen molar-refractivity contribution in [1.29, 1.82) is 0 Å². The van der Waals surface area contributed by atoms with E-state index in [2.05, 4.69) is 5.32 Å². The summed E-state index contributed by atoms with van der Waals surface area (Å²) in [6.07, 6.45) is 0. The van der Waals surface area contributed by atoms with Gasteiger partial charge in [-0.1, -0.05) is 62.7 Å². The van der Waals surface area contributed by atoms with E-state index in [0.717, 1.165) is 10.5 Å². The summed E-state index contributed by atoms with van der Waals surface area (Å²) in [5.41, 5.74) is 1.36. The standard InChI is InChI=1S/C30H27ClN2O6/c1-5-38-29(37)20-10-6-8-12-22(20)33-26(34)24(31)25(27(33)35)32-19-16-14-18(15-17-19)28(36)39-23-13-9-7-11-21(23)30(2,3)4/h6-17,32H,5H2,1-4H3. The molecule has 1 N–H and O–H groups in total. The Morgan fingerprint density at radius 3 is 2.18 bits per heavy atom. The van der Waals surface area contributed by atoms with Gasteiger partial charge in [0.05, 0.1) is 23.4 Å². The van der Waals surface area contributed by atoms with Gasteiger partial charge >= 0.3 is 11.9 Å². The maximum atomic E-state index is 13.2. The summed E-state index contributed by atoms with van der Waals surface area (Å²) in [7, 11) is 0. The van der Waals surface area contributed by atoms with Gasteiger partial charge in [-0.3, -0.25) is 9.59 Å². The fourth-order valence-corrected chi connectivity index (χ4v) is 4.26. The van der Waals surface area contributed by atoms with Crippen molar-refractivity contribution < 1.29 is 28.7 Å². The normalized spacial score (nSPS) is 13.5. The van der Waals surface area contributed by atoms with E-state index >= 15 is 0 Å². The average molecular weight is 547 g/mol. The molecule has 1 heterocycles. The highest BCUT2D eigenvalue weighted by atomic mass is 35.5. The fourth-order valence-electron chi connectivity index (χ4n) is 4.05. The van der Waals surface area contributed by atoms with Crippen LogP contribution in [-0.4, -0.2) is 30.4 Å². The van der Waals surface area contributed by atoms with Crippen LogP contribution in [0, 0.1) is 0 Å². The second-order valence-electron chi connectivity index (χ2n) is 9.71. The number of hydrogen-bond acceptors (Lipinski definition) is 7. The van der Waals surface area contributed by atoms with Crippen molar-refractivity contribution >= 4 is 46.7 Å². The Morgan fingerprint density at radius 1 is 0.872 bits per heavy atom. The van der Waals surface area contributed by atoms with Gasteiger partial charge in [0.25, 0.3) is 11.8 Å². The molecule has 0 atom stereocenters. The molecule has 0 saturated carbocycles. The van der Waals surface area contributed by atoms with Crippen molar-refractivity contribution in [1.82, 2.24) is 0 Å². The number of ether oxygens (including phenoxy) is 2. The van der Waals surface area contributed by atoms with Crippen LogP contribution < -0.4 is 15.0 Å². The van der Waals surface area contributed by atoms with Gasteiger partial charge in [0.2, 0.25) is 0 Å². The van der Waals surface area contributed by atoms with Crippen molar-refractivity contribution in [2.24, 2.45) is 0 Å². The molecule has 9 heteroatoms. The first-order valence-electron chi connectivity index (χ1n) is 12.3. The number of imide groups is 1. The molecule has 2 amide bonds. The molecule has 0 aromatic heterocycles. The van der Waals surface area contributed by atoms with E-state index in [4.69, 9.17) is 21.1 Å². The molecule has 3 aromatic rings. The largest absolute Gasteiger partial charge is 0.462 e. The van der Waals surface area contributed by atoms with Crippen LogP contribution in [-0.2, 0) is 19.7 Å². The molecular formula is C30H27ClN2O6. The minimum absolute atomic E-state index is 0.0580. The van der Waals surface area contributed by atoms with Crippen LogP contribution >= 0.6 is 11.6 Å². The zero-order valence-corrected chi connectivity index (χ0v) is 22.7. The zero-order valence-electron chi connectivity index (χ0n) is 21.9. The van der Waals surface area contributed by atoms with E-state index in [1.807, 2.05) is 32.9 Å². The molecule has 3 aromatic carbocycles. The van der Waals surface area contributed by atoms with Crippen LogP contribution in [0.3, 0.4) is 0 Å². The second-order valence-corrected chi connectivity index (χ2v) is 10.1. The van der Waals surface area contributed by atoms with Gasteiger partial charge in [-0.15, -0.1) is 0 Å². The number of rotatable bonds is 7. The van der Waals surface area contributed by atoms with Gasteiger partial charge in [0, 0.05) is 11.3 Å². The maximum Gasteiger partial charge on any atom is 0.343 e. The lowest BCUT2D eigenvalue weighted by molar-refractivity contribution is -0.120. The van der Waals surface area contributed by atoms with Gasteiger partial charge < -0.3 is 14.8 Å². The van der Waals surface area contributed by atoms with E-state index in [0.29, 0.717) is 17.0 Å². The molecule has 0 spiro atoms. The van der Waals surface area contributed by atoms with E-state index in [1.165, 1.54) is 24.3 Å². The van der Waals surface area contributed by atoms with Crippen LogP contribution in [0.5, 0.6) is 5.75 Å². The molecule has 1 aliphatic heterocycles. The molecule has 0 bridgehead atoms. The Bertz CT molecular complexity index is 1490. The molecular weight excluding hydrogens is 520 g/mol. The van der Waals surface area contributed by atoms with Crippen molar-refractivity contribution in [3.63, 3.8) is 0 Å². The Kier molecular flexibility index (Phi) is 7.88. The van der Waals surface area contributed by atoms with E-state index in [-0.39, 0.29) is 34.0 Å². The number of para-hydroxylation sites is 2. The highest BCUT2D eigenvalue weighted by molar-refractivity contribution is 6.53. The molecule has 39 heavy (non-hydrogen) atoms. The van der Waals surface area contributed by atoms with Gasteiger partial charge in [-0.05, 0) is 54.8 Å². The molecule has 8 nitrogen and oxygen atoms in total. The van der Waals surface area contributed by atoms with Crippen molar-refractivity contribution in [2.75, 3.05) is 16.8 Å². The van der Waals surface area contributed by atoms with E-state index < -0.39 is 23.8 Å². The quantitative estimate of drug-likeness (QED) is 0.226. The number of halogens is 1. The number of nitrogens with zero attached hydrogens (tertiary/aromatic N) is 1. The van der Waals surface area contributed by atoms with Crippen molar-refractivity contribution in [3.05, 3.63) is 100 Å². The summed E-state index contributed by atoms with van der Waals surface area (Å²) < 4.78 is 10.7.